The minimum atomic E-state index is -0.259. The van der Waals surface area contributed by atoms with Gasteiger partial charge in [0.25, 0.3) is 0 Å². The highest BCUT2D eigenvalue weighted by atomic mass is 16.6. The largest absolute Gasteiger partial charge is 0.633 e. The van der Waals surface area contributed by atoms with Crippen LogP contribution in [0.1, 0.15) is 19.8 Å². The molecule has 0 aromatic heterocycles. The Morgan fingerprint density at radius 2 is 2.08 bits per heavy atom. The predicted octanol–water partition coefficient (Wildman–Crippen LogP) is 0.656. The minimum absolute atomic E-state index is 0.113. The van der Waals surface area contributed by atoms with E-state index in [1.54, 1.807) is 0 Å². The molecule has 1 atom stereocenters. The summed E-state index contributed by atoms with van der Waals surface area (Å²) in [6, 6.07) is 0. The number of hydroxylamine groups is 3. The van der Waals surface area contributed by atoms with Crippen LogP contribution in [0.25, 0.3) is 0 Å². The van der Waals surface area contributed by atoms with Gasteiger partial charge in [-0.15, -0.1) is 0 Å². The molecule has 3 aliphatic heterocycles. The van der Waals surface area contributed by atoms with Gasteiger partial charge in [0.15, 0.2) is 6.10 Å². The molecule has 13 heavy (non-hydrogen) atoms. The highest BCUT2D eigenvalue weighted by Crippen LogP contribution is 2.34. The second-order valence-corrected chi connectivity index (χ2v) is 4.17. The van der Waals surface area contributed by atoms with Crippen molar-refractivity contribution in [3.8, 4) is 0 Å². The van der Waals surface area contributed by atoms with E-state index in [4.69, 9.17) is 4.74 Å². The molecular formula is C9H15NO3. The zero-order chi connectivity index (χ0) is 9.47. The summed E-state index contributed by atoms with van der Waals surface area (Å²) in [5.74, 6) is 0.184. The second kappa shape index (κ2) is 2.96. The molecule has 2 bridgehead atoms. The fourth-order valence-electron chi connectivity index (χ4n) is 2.44. The molecule has 3 saturated heterocycles. The Morgan fingerprint density at radius 1 is 1.46 bits per heavy atom. The molecule has 3 aliphatic rings. The summed E-state index contributed by atoms with van der Waals surface area (Å²) in [5.41, 5.74) is 0. The Hall–Kier alpha value is -0.610. The predicted molar refractivity (Wildman–Crippen MR) is 46.5 cm³/mol. The van der Waals surface area contributed by atoms with Gasteiger partial charge in [-0.25, -0.2) is 0 Å². The molecule has 3 heterocycles. The van der Waals surface area contributed by atoms with Gasteiger partial charge in [-0.3, -0.25) is 4.79 Å². The van der Waals surface area contributed by atoms with Crippen molar-refractivity contribution in [1.82, 2.24) is 0 Å². The van der Waals surface area contributed by atoms with Gasteiger partial charge in [0, 0.05) is 25.7 Å². The van der Waals surface area contributed by atoms with Gasteiger partial charge in [-0.2, -0.15) is 0 Å². The van der Waals surface area contributed by atoms with E-state index in [1.165, 1.54) is 6.92 Å². The van der Waals surface area contributed by atoms with Gasteiger partial charge in [-0.05, 0) is 0 Å². The molecule has 3 rings (SSSR count). The SMILES string of the molecule is CC(=O)OC1C[N+]2([O-])CCC1CC2. The number of esters is 1. The van der Waals surface area contributed by atoms with E-state index >= 15 is 0 Å². The maximum atomic E-state index is 11.9. The fourth-order valence-corrected chi connectivity index (χ4v) is 2.44. The number of ether oxygens (including phenoxy) is 1. The van der Waals surface area contributed by atoms with Crippen molar-refractivity contribution >= 4 is 5.97 Å². The van der Waals surface area contributed by atoms with Crippen molar-refractivity contribution in [2.24, 2.45) is 5.92 Å². The number of hydrogen-bond donors (Lipinski definition) is 0. The molecule has 0 aliphatic carbocycles. The van der Waals surface area contributed by atoms with Crippen LogP contribution < -0.4 is 0 Å². The number of fused-ring (bicyclic) bond motifs is 3. The van der Waals surface area contributed by atoms with E-state index in [0.29, 0.717) is 25.6 Å². The quantitative estimate of drug-likeness (QED) is 0.342. The fraction of sp³-hybridized carbons (Fsp3) is 0.889. The van der Waals surface area contributed by atoms with Crippen molar-refractivity contribution in [2.45, 2.75) is 25.9 Å². The maximum absolute atomic E-state index is 11.9. The van der Waals surface area contributed by atoms with Crippen LogP contribution in [0.2, 0.25) is 0 Å². The number of nitrogens with zero attached hydrogens (tertiary/aromatic N) is 1. The molecule has 0 aromatic rings. The molecule has 0 N–H and O–H groups in total. The van der Waals surface area contributed by atoms with Crippen LogP contribution in [0.5, 0.6) is 0 Å². The average Bonchev–Trinajstić information content (AvgIpc) is 2.02. The molecule has 74 valence electrons. The van der Waals surface area contributed by atoms with Crippen molar-refractivity contribution in [2.75, 3.05) is 19.6 Å². The Balaban J connectivity index is 2.03. The molecule has 1 unspecified atom stereocenters. The number of quaternary nitrogens is 1. The van der Waals surface area contributed by atoms with Gasteiger partial charge < -0.3 is 14.6 Å². The number of carbonyl (C=O) groups excluding carboxylic acids is 1. The summed E-state index contributed by atoms with van der Waals surface area (Å²) in [5, 5.41) is 11.9. The highest BCUT2D eigenvalue weighted by Gasteiger charge is 2.42. The molecule has 0 aromatic carbocycles. The van der Waals surface area contributed by atoms with E-state index in [1.807, 2.05) is 0 Å². The summed E-state index contributed by atoms with van der Waals surface area (Å²) in [6.07, 6.45) is 1.72. The topological polar surface area (TPSA) is 49.4 Å². The first-order valence-corrected chi connectivity index (χ1v) is 4.83. The Kier molecular flexibility index (Phi) is 2.04. The third-order valence-corrected chi connectivity index (χ3v) is 3.17. The van der Waals surface area contributed by atoms with E-state index in [9.17, 15) is 10.0 Å². The number of carbonyl (C=O) groups is 1. The average molecular weight is 185 g/mol. The lowest BCUT2D eigenvalue weighted by Crippen LogP contribution is -2.61. The molecule has 0 radical (unpaired) electrons. The summed E-state index contributed by atoms with van der Waals surface area (Å²) in [4.78, 5) is 10.8. The Morgan fingerprint density at radius 3 is 2.54 bits per heavy atom. The van der Waals surface area contributed by atoms with Gasteiger partial charge in [0.2, 0.25) is 0 Å². The van der Waals surface area contributed by atoms with Gasteiger partial charge in [0.1, 0.15) is 6.54 Å². The number of rotatable bonds is 1. The molecule has 3 fully saturated rings. The van der Waals surface area contributed by atoms with E-state index in [-0.39, 0.29) is 16.7 Å². The van der Waals surface area contributed by atoms with Crippen LogP contribution in [0.4, 0.5) is 0 Å². The monoisotopic (exact) mass is 185 g/mol. The first-order valence-electron chi connectivity index (χ1n) is 4.83. The highest BCUT2D eigenvalue weighted by molar-refractivity contribution is 5.66. The smallest absolute Gasteiger partial charge is 0.303 e. The standard InChI is InChI=1S/C9H15NO3/c1-7(11)13-9-6-10(12)4-2-8(9)3-5-10/h8-9H,2-6H2,1H3. The number of hydrogen-bond acceptors (Lipinski definition) is 3. The van der Waals surface area contributed by atoms with Crippen LogP contribution in [0, 0.1) is 11.1 Å². The normalized spacial score (nSPS) is 43.2. The maximum Gasteiger partial charge on any atom is 0.303 e. The van der Waals surface area contributed by atoms with Crippen LogP contribution in [-0.2, 0) is 9.53 Å². The zero-order valence-electron chi connectivity index (χ0n) is 7.86. The lowest BCUT2D eigenvalue weighted by atomic mass is 9.85. The molecule has 0 saturated carbocycles. The number of piperidine rings is 3. The van der Waals surface area contributed by atoms with Gasteiger partial charge >= 0.3 is 5.97 Å². The van der Waals surface area contributed by atoms with Crippen LogP contribution in [0.3, 0.4) is 0 Å². The lowest BCUT2D eigenvalue weighted by molar-refractivity contribution is -0.900. The first kappa shape index (κ1) is 8.97. The van der Waals surface area contributed by atoms with Crippen LogP contribution >= 0.6 is 0 Å². The Bertz CT molecular complexity index is 221. The van der Waals surface area contributed by atoms with Crippen LogP contribution in [-0.4, -0.2) is 36.4 Å². The summed E-state index contributed by atoms with van der Waals surface area (Å²) in [7, 11) is 0. The summed E-state index contributed by atoms with van der Waals surface area (Å²) >= 11 is 0. The van der Waals surface area contributed by atoms with E-state index in [0.717, 1.165) is 12.8 Å². The lowest BCUT2D eigenvalue weighted by Gasteiger charge is -2.54. The van der Waals surface area contributed by atoms with Gasteiger partial charge in [0.05, 0.1) is 13.1 Å². The van der Waals surface area contributed by atoms with Crippen molar-refractivity contribution in [1.29, 1.82) is 0 Å². The molecule has 0 amide bonds. The van der Waals surface area contributed by atoms with Crippen LogP contribution in [0.15, 0.2) is 0 Å². The minimum Gasteiger partial charge on any atom is -0.633 e. The first-order chi connectivity index (χ1) is 6.09. The van der Waals surface area contributed by atoms with Gasteiger partial charge in [-0.1, -0.05) is 0 Å². The molecule has 4 heteroatoms. The van der Waals surface area contributed by atoms with Crippen molar-refractivity contribution in [3.05, 3.63) is 5.21 Å². The van der Waals surface area contributed by atoms with E-state index < -0.39 is 0 Å². The van der Waals surface area contributed by atoms with Crippen molar-refractivity contribution in [3.63, 3.8) is 0 Å². The van der Waals surface area contributed by atoms with Crippen molar-refractivity contribution < 1.29 is 14.2 Å². The summed E-state index contributed by atoms with van der Waals surface area (Å²) < 4.78 is 4.99. The van der Waals surface area contributed by atoms with E-state index in [2.05, 4.69) is 0 Å². The third-order valence-electron chi connectivity index (χ3n) is 3.17. The molecular weight excluding hydrogens is 170 g/mol. The summed E-state index contributed by atoms with van der Waals surface area (Å²) in [6.45, 7) is 3.31. The molecule has 0 spiro atoms. The zero-order valence-corrected chi connectivity index (χ0v) is 7.86. The third kappa shape index (κ3) is 1.69. The molecule has 4 nitrogen and oxygen atoms in total. The second-order valence-electron chi connectivity index (χ2n) is 4.17. The Labute approximate surface area is 77.6 Å².